The SMILES string of the molecule is CCCC/C=C\C/C=C\CCCCCCCC(=O)NC(COC1OC(CO)C(O)C(O)C1O)C(O)CCCCCCCCCCCCCCCCCCCCCCCCCCCC. The number of ether oxygens (including phenoxy) is 2. The summed E-state index contributed by atoms with van der Waals surface area (Å²) in [5, 5.41) is 54.5. The Balaban J connectivity index is 2.20. The van der Waals surface area contributed by atoms with E-state index >= 15 is 0 Å². The molecule has 1 saturated heterocycles. The Morgan fingerprint density at radius 2 is 0.952 bits per heavy atom. The van der Waals surface area contributed by atoms with Crippen LogP contribution in [0.3, 0.4) is 0 Å². The number of unbranched alkanes of at least 4 members (excludes halogenated alkanes) is 32. The van der Waals surface area contributed by atoms with Gasteiger partial charge in [0.25, 0.3) is 0 Å². The van der Waals surface area contributed by atoms with Gasteiger partial charge in [0.15, 0.2) is 6.29 Å². The van der Waals surface area contributed by atoms with E-state index in [1.807, 2.05) is 0 Å². The third kappa shape index (κ3) is 34.6. The van der Waals surface area contributed by atoms with Crippen LogP contribution >= 0.6 is 0 Å². The van der Waals surface area contributed by atoms with Crippen LogP contribution in [0.2, 0.25) is 0 Å². The third-order valence-electron chi connectivity index (χ3n) is 13.1. The van der Waals surface area contributed by atoms with Gasteiger partial charge in [-0.25, -0.2) is 0 Å². The number of amides is 1. The largest absolute Gasteiger partial charge is 0.394 e. The lowest BCUT2D eigenvalue weighted by Gasteiger charge is -2.40. The Hall–Kier alpha value is -1.33. The number of carbonyl (C=O) groups excluding carboxylic acids is 1. The van der Waals surface area contributed by atoms with Crippen LogP contribution in [-0.2, 0) is 14.3 Å². The molecular formula is C54H103NO8. The fraction of sp³-hybridized carbons (Fsp3) is 0.907. The summed E-state index contributed by atoms with van der Waals surface area (Å²) >= 11 is 0. The van der Waals surface area contributed by atoms with Crippen LogP contribution in [-0.4, -0.2) is 87.5 Å². The van der Waals surface area contributed by atoms with Crippen LogP contribution in [0.25, 0.3) is 0 Å². The highest BCUT2D eigenvalue weighted by molar-refractivity contribution is 5.76. The van der Waals surface area contributed by atoms with Crippen molar-refractivity contribution in [1.29, 1.82) is 0 Å². The summed E-state index contributed by atoms with van der Waals surface area (Å²) in [4.78, 5) is 13.0. The predicted molar refractivity (Wildman–Crippen MR) is 263 cm³/mol. The molecule has 7 unspecified atom stereocenters. The first kappa shape index (κ1) is 59.7. The molecule has 63 heavy (non-hydrogen) atoms. The molecule has 1 amide bonds. The van der Waals surface area contributed by atoms with E-state index in [1.54, 1.807) is 0 Å². The molecule has 9 nitrogen and oxygen atoms in total. The molecule has 1 heterocycles. The monoisotopic (exact) mass is 894 g/mol. The van der Waals surface area contributed by atoms with E-state index in [1.165, 1.54) is 167 Å². The number of aliphatic hydroxyl groups is 5. The fourth-order valence-corrected chi connectivity index (χ4v) is 8.71. The number of carbonyl (C=O) groups is 1. The first-order chi connectivity index (χ1) is 30.8. The Morgan fingerprint density at radius 3 is 1.41 bits per heavy atom. The smallest absolute Gasteiger partial charge is 0.220 e. The van der Waals surface area contributed by atoms with Crippen LogP contribution in [0, 0.1) is 0 Å². The standard InChI is InChI=1S/C54H103NO8/c1-3-5-7-9-11-13-15-17-19-20-21-22-23-24-25-26-27-28-29-30-31-33-35-37-39-41-43-48(57)47(46-62-54-53(61)52(60)51(59)49(45-56)63-54)55-50(58)44-42-40-38-36-34-32-18-16-14-12-10-8-6-4-2/h10,12,16,18,47-49,51-54,56-57,59-61H,3-9,11,13-15,17,19-46H2,1-2H3,(H,55,58)/b12-10-,18-16-. The molecule has 0 saturated carbocycles. The van der Waals surface area contributed by atoms with Gasteiger partial charge in [-0.2, -0.15) is 0 Å². The summed E-state index contributed by atoms with van der Waals surface area (Å²) in [5.41, 5.74) is 0. The minimum Gasteiger partial charge on any atom is -0.394 e. The van der Waals surface area contributed by atoms with Crippen LogP contribution in [0.4, 0.5) is 0 Å². The number of allylic oxidation sites excluding steroid dienone is 4. The molecule has 1 rings (SSSR count). The maximum atomic E-state index is 13.0. The van der Waals surface area contributed by atoms with Crippen LogP contribution in [0.1, 0.15) is 258 Å². The minimum atomic E-state index is -1.55. The zero-order valence-electron chi connectivity index (χ0n) is 41.1. The first-order valence-electron chi connectivity index (χ1n) is 27.0. The number of rotatable bonds is 46. The summed E-state index contributed by atoms with van der Waals surface area (Å²) in [6, 6.07) is -0.725. The second-order valence-corrected chi connectivity index (χ2v) is 19.0. The van der Waals surface area contributed by atoms with Crippen molar-refractivity contribution in [2.24, 2.45) is 0 Å². The molecule has 0 spiro atoms. The summed E-state index contributed by atoms with van der Waals surface area (Å²) < 4.78 is 11.3. The van der Waals surface area contributed by atoms with Crippen molar-refractivity contribution in [3.8, 4) is 0 Å². The molecule has 1 aliphatic heterocycles. The quantitative estimate of drug-likeness (QED) is 0.0261. The Kier molecular flexibility index (Phi) is 42.2. The average molecular weight is 894 g/mol. The van der Waals surface area contributed by atoms with Gasteiger partial charge < -0.3 is 40.3 Å². The highest BCUT2D eigenvalue weighted by Crippen LogP contribution is 2.23. The molecule has 6 N–H and O–H groups in total. The third-order valence-corrected chi connectivity index (χ3v) is 13.1. The topological polar surface area (TPSA) is 149 Å². The second kappa shape index (κ2) is 44.5. The van der Waals surface area contributed by atoms with E-state index in [4.69, 9.17) is 9.47 Å². The van der Waals surface area contributed by atoms with Gasteiger partial charge in [-0.3, -0.25) is 4.79 Å². The van der Waals surface area contributed by atoms with Crippen LogP contribution < -0.4 is 5.32 Å². The molecule has 0 aromatic heterocycles. The van der Waals surface area contributed by atoms with E-state index in [2.05, 4.69) is 43.5 Å². The number of nitrogens with one attached hydrogen (secondary N) is 1. The molecule has 1 fully saturated rings. The second-order valence-electron chi connectivity index (χ2n) is 19.0. The van der Waals surface area contributed by atoms with Gasteiger partial charge in [-0.05, 0) is 38.5 Å². The molecule has 0 aliphatic carbocycles. The lowest BCUT2D eigenvalue weighted by Crippen LogP contribution is -2.60. The van der Waals surface area contributed by atoms with Crippen molar-refractivity contribution in [2.75, 3.05) is 13.2 Å². The summed E-state index contributed by atoms with van der Waals surface area (Å²) in [7, 11) is 0. The normalized spacial score (nSPS) is 20.3. The van der Waals surface area contributed by atoms with Crippen molar-refractivity contribution >= 4 is 5.91 Å². The van der Waals surface area contributed by atoms with Gasteiger partial charge >= 0.3 is 0 Å². The summed E-state index contributed by atoms with van der Waals surface area (Å²) in [5.74, 6) is -0.156. The Bertz CT molecular complexity index is 1040. The number of hydrogen-bond acceptors (Lipinski definition) is 8. The van der Waals surface area contributed by atoms with Crippen molar-refractivity contribution in [3.05, 3.63) is 24.3 Å². The first-order valence-corrected chi connectivity index (χ1v) is 27.0. The van der Waals surface area contributed by atoms with Gasteiger partial charge in [0, 0.05) is 6.42 Å². The lowest BCUT2D eigenvalue weighted by atomic mass is 9.99. The van der Waals surface area contributed by atoms with E-state index < -0.39 is 49.5 Å². The van der Waals surface area contributed by atoms with Crippen molar-refractivity contribution in [3.63, 3.8) is 0 Å². The molecule has 1 aliphatic rings. The molecule has 0 aromatic carbocycles. The predicted octanol–water partition coefficient (Wildman–Crippen LogP) is 12.6. The maximum Gasteiger partial charge on any atom is 0.220 e. The van der Waals surface area contributed by atoms with Gasteiger partial charge in [-0.15, -0.1) is 0 Å². The highest BCUT2D eigenvalue weighted by Gasteiger charge is 2.44. The van der Waals surface area contributed by atoms with Gasteiger partial charge in [-0.1, -0.05) is 237 Å². The highest BCUT2D eigenvalue weighted by atomic mass is 16.7. The Labute approximate surface area is 388 Å². The molecular weight excluding hydrogens is 791 g/mol. The molecule has 372 valence electrons. The van der Waals surface area contributed by atoms with E-state index in [0.717, 1.165) is 64.2 Å². The van der Waals surface area contributed by atoms with Gasteiger partial charge in [0.1, 0.15) is 24.4 Å². The van der Waals surface area contributed by atoms with Gasteiger partial charge in [0.05, 0.1) is 25.4 Å². The van der Waals surface area contributed by atoms with Crippen LogP contribution in [0.15, 0.2) is 24.3 Å². The van der Waals surface area contributed by atoms with Crippen molar-refractivity contribution in [2.45, 2.75) is 301 Å². The molecule has 0 bridgehead atoms. The zero-order valence-corrected chi connectivity index (χ0v) is 41.1. The summed E-state index contributed by atoms with van der Waals surface area (Å²) in [6.45, 7) is 3.81. The van der Waals surface area contributed by atoms with Gasteiger partial charge in [0.2, 0.25) is 5.91 Å². The molecule has 0 aromatic rings. The molecule has 7 atom stereocenters. The summed E-state index contributed by atoms with van der Waals surface area (Å²) in [6.07, 6.45) is 47.8. The number of hydrogen-bond donors (Lipinski definition) is 6. The van der Waals surface area contributed by atoms with E-state index in [9.17, 15) is 30.3 Å². The van der Waals surface area contributed by atoms with Crippen molar-refractivity contribution in [1.82, 2.24) is 5.32 Å². The van der Waals surface area contributed by atoms with Crippen LogP contribution in [0.5, 0.6) is 0 Å². The fourth-order valence-electron chi connectivity index (χ4n) is 8.71. The average Bonchev–Trinajstić information content (AvgIpc) is 3.28. The number of aliphatic hydroxyl groups excluding tert-OH is 5. The maximum absolute atomic E-state index is 13.0. The van der Waals surface area contributed by atoms with E-state index in [0.29, 0.717) is 12.8 Å². The van der Waals surface area contributed by atoms with E-state index in [-0.39, 0.29) is 12.5 Å². The zero-order chi connectivity index (χ0) is 45.9. The molecule has 9 heteroatoms. The van der Waals surface area contributed by atoms with Crippen molar-refractivity contribution < 1.29 is 39.8 Å². The lowest BCUT2D eigenvalue weighted by molar-refractivity contribution is -0.302. The molecule has 0 radical (unpaired) electrons. The Morgan fingerprint density at radius 1 is 0.540 bits per heavy atom. The minimum absolute atomic E-state index is 0.142.